The lowest BCUT2D eigenvalue weighted by atomic mass is 9.70. The van der Waals surface area contributed by atoms with Gasteiger partial charge in [-0.2, -0.15) is 0 Å². The van der Waals surface area contributed by atoms with E-state index in [2.05, 4.69) is 22.5 Å². The van der Waals surface area contributed by atoms with E-state index < -0.39 is 60.0 Å². The molecule has 10 heteroatoms. The van der Waals surface area contributed by atoms with Gasteiger partial charge in [0.2, 0.25) is 5.91 Å². The summed E-state index contributed by atoms with van der Waals surface area (Å²) >= 11 is 9.62. The molecule has 8 nitrogen and oxygen atoms in total. The van der Waals surface area contributed by atoms with Gasteiger partial charge >= 0.3 is 5.97 Å². The summed E-state index contributed by atoms with van der Waals surface area (Å²) in [6.45, 7) is 3.47. The van der Waals surface area contributed by atoms with Gasteiger partial charge in [0.1, 0.15) is 11.6 Å². The minimum absolute atomic E-state index is 0.137. The van der Waals surface area contributed by atoms with E-state index in [0.29, 0.717) is 16.3 Å². The van der Waals surface area contributed by atoms with E-state index in [4.69, 9.17) is 16.3 Å². The number of nitrogens with zero attached hydrogens (tertiary/aromatic N) is 2. The van der Waals surface area contributed by atoms with E-state index in [0.717, 1.165) is 0 Å². The molecule has 2 aromatic rings. The van der Waals surface area contributed by atoms with Crippen molar-refractivity contribution in [3.63, 3.8) is 0 Å². The highest BCUT2D eigenvalue weighted by molar-refractivity contribution is 9.09. The first-order valence-corrected chi connectivity index (χ1v) is 13.2. The number of amides is 2. The first kappa shape index (κ1) is 25.9. The van der Waals surface area contributed by atoms with Crippen molar-refractivity contribution >= 4 is 51.0 Å². The van der Waals surface area contributed by atoms with Gasteiger partial charge in [0, 0.05) is 22.1 Å². The SMILES string of the molecule is C=CCN(C(=O)[C@H]1N([C@H](CO)c2ccccc2)C(=O)[C@@H]2[C@@H](C(=O)O)[C@@H]3O[C@@]21CC3Br)c1ccc(Cl)cc1. The number of rotatable bonds is 8. The van der Waals surface area contributed by atoms with Gasteiger partial charge in [-0.1, -0.05) is 63.9 Å². The van der Waals surface area contributed by atoms with Crippen LogP contribution in [0.2, 0.25) is 5.02 Å². The molecule has 3 aliphatic rings. The first-order chi connectivity index (χ1) is 17.7. The summed E-state index contributed by atoms with van der Waals surface area (Å²) in [5.41, 5.74) is -0.199. The van der Waals surface area contributed by atoms with Crippen molar-refractivity contribution in [2.45, 2.75) is 35.0 Å². The summed E-state index contributed by atoms with van der Waals surface area (Å²) in [5, 5.41) is 21.1. The second-order valence-corrected chi connectivity index (χ2v) is 11.2. The van der Waals surface area contributed by atoms with Crippen LogP contribution in [0.1, 0.15) is 18.0 Å². The van der Waals surface area contributed by atoms with Crippen LogP contribution in [0.4, 0.5) is 5.69 Å². The number of ether oxygens (including phenoxy) is 1. The van der Waals surface area contributed by atoms with Crippen LogP contribution < -0.4 is 4.90 Å². The fourth-order valence-electron chi connectivity index (χ4n) is 6.21. The Morgan fingerprint density at radius 3 is 2.51 bits per heavy atom. The standard InChI is InChI=1S/C27H26BrClN2O6/c1-2-12-30(17-10-8-16(29)9-11-17)25(34)23-27-13-18(28)22(37-27)20(26(35)36)21(27)24(33)31(23)19(14-32)15-6-4-3-5-7-15/h2-11,18-23,32H,1,12-14H2,(H,35,36)/t18?,19-,20-,21+,22-,23-,27+/m1/s1. The number of halogens is 2. The van der Waals surface area contributed by atoms with Crippen molar-refractivity contribution in [1.82, 2.24) is 4.90 Å². The van der Waals surface area contributed by atoms with E-state index in [1.165, 1.54) is 9.80 Å². The molecule has 0 saturated carbocycles. The number of anilines is 1. The smallest absolute Gasteiger partial charge is 0.310 e. The van der Waals surface area contributed by atoms with Crippen molar-refractivity contribution < 1.29 is 29.3 Å². The molecule has 1 unspecified atom stereocenters. The molecule has 37 heavy (non-hydrogen) atoms. The summed E-state index contributed by atoms with van der Waals surface area (Å²) in [7, 11) is 0. The lowest BCUT2D eigenvalue weighted by Crippen LogP contribution is -2.57. The highest BCUT2D eigenvalue weighted by atomic mass is 79.9. The number of fused-ring (bicyclic) bond motifs is 1. The minimum Gasteiger partial charge on any atom is -0.481 e. The van der Waals surface area contributed by atoms with Gasteiger partial charge in [-0.25, -0.2) is 0 Å². The number of carbonyl (C=O) groups is 3. The normalized spacial score (nSPS) is 30.7. The summed E-state index contributed by atoms with van der Waals surface area (Å²) < 4.78 is 6.35. The average molecular weight is 590 g/mol. The second-order valence-electron chi connectivity index (χ2n) is 9.57. The van der Waals surface area contributed by atoms with Crippen LogP contribution in [-0.4, -0.2) is 68.6 Å². The number of hydrogen-bond donors (Lipinski definition) is 2. The highest BCUT2D eigenvalue weighted by Gasteiger charge is 2.77. The van der Waals surface area contributed by atoms with Crippen LogP contribution in [-0.2, 0) is 19.1 Å². The van der Waals surface area contributed by atoms with Crippen LogP contribution in [0.5, 0.6) is 0 Å². The van der Waals surface area contributed by atoms with Crippen molar-refractivity contribution in [2.75, 3.05) is 18.1 Å². The number of aliphatic hydroxyl groups excluding tert-OH is 1. The number of benzene rings is 2. The Morgan fingerprint density at radius 1 is 1.24 bits per heavy atom. The molecule has 2 amide bonds. The van der Waals surface area contributed by atoms with E-state index in [-0.39, 0.29) is 17.8 Å². The number of alkyl halides is 1. The van der Waals surface area contributed by atoms with E-state index >= 15 is 0 Å². The quantitative estimate of drug-likeness (QED) is 0.361. The van der Waals surface area contributed by atoms with Crippen molar-refractivity contribution in [3.8, 4) is 0 Å². The fourth-order valence-corrected chi connectivity index (χ4v) is 7.28. The Kier molecular flexibility index (Phi) is 6.91. The molecule has 2 N–H and O–H groups in total. The molecule has 3 aliphatic heterocycles. The van der Waals surface area contributed by atoms with Gasteiger partial charge in [0.25, 0.3) is 5.91 Å². The van der Waals surface area contributed by atoms with Crippen LogP contribution in [0.25, 0.3) is 0 Å². The van der Waals surface area contributed by atoms with E-state index in [1.807, 2.05) is 6.07 Å². The Balaban J connectivity index is 1.67. The largest absolute Gasteiger partial charge is 0.481 e. The number of carboxylic acids is 1. The molecule has 194 valence electrons. The Hall–Kier alpha value is -2.72. The number of aliphatic carboxylic acids is 1. The number of likely N-dealkylation sites (tertiary alicyclic amines) is 1. The third kappa shape index (κ3) is 4.00. The molecule has 0 radical (unpaired) electrons. The van der Waals surface area contributed by atoms with Gasteiger partial charge in [-0.3, -0.25) is 14.4 Å². The predicted molar refractivity (Wildman–Crippen MR) is 140 cm³/mol. The van der Waals surface area contributed by atoms with Crippen molar-refractivity contribution in [3.05, 3.63) is 77.8 Å². The maximum absolute atomic E-state index is 14.5. The molecule has 2 aromatic carbocycles. The molecule has 5 rings (SSSR count). The van der Waals surface area contributed by atoms with Gasteiger partial charge < -0.3 is 24.7 Å². The number of aliphatic hydroxyl groups is 1. The van der Waals surface area contributed by atoms with Crippen molar-refractivity contribution in [2.24, 2.45) is 11.8 Å². The molecule has 1 spiro atoms. The molecule has 7 atom stereocenters. The lowest BCUT2D eigenvalue weighted by molar-refractivity contribution is -0.151. The predicted octanol–water partition coefficient (Wildman–Crippen LogP) is 3.43. The molecular weight excluding hydrogens is 564 g/mol. The number of carbonyl (C=O) groups excluding carboxylic acids is 2. The minimum atomic E-state index is -1.37. The van der Waals surface area contributed by atoms with Gasteiger partial charge in [-0.15, -0.1) is 6.58 Å². The second kappa shape index (κ2) is 9.87. The zero-order chi connectivity index (χ0) is 26.5. The first-order valence-electron chi connectivity index (χ1n) is 12.0. The molecule has 3 fully saturated rings. The Bertz CT molecular complexity index is 1230. The summed E-state index contributed by atoms with van der Waals surface area (Å²) in [6.07, 6.45) is 1.10. The molecule has 3 heterocycles. The summed E-state index contributed by atoms with van der Waals surface area (Å²) in [4.78, 5) is 43.4. The average Bonchev–Trinajstić information content (AvgIpc) is 3.48. The van der Waals surface area contributed by atoms with Gasteiger partial charge in [-0.05, 0) is 36.2 Å². The zero-order valence-corrected chi connectivity index (χ0v) is 22.1. The number of carboxylic acid groups (broad SMARTS) is 1. The molecule has 0 aliphatic carbocycles. The molecular formula is C27H26BrClN2O6. The summed E-state index contributed by atoms with van der Waals surface area (Å²) in [5.74, 6) is -4.29. The maximum atomic E-state index is 14.5. The lowest BCUT2D eigenvalue weighted by Gasteiger charge is -2.39. The molecule has 2 bridgehead atoms. The van der Waals surface area contributed by atoms with Crippen LogP contribution >= 0.6 is 27.5 Å². The van der Waals surface area contributed by atoms with Crippen LogP contribution in [0.15, 0.2) is 67.3 Å². The van der Waals surface area contributed by atoms with E-state index in [9.17, 15) is 24.6 Å². The Morgan fingerprint density at radius 2 is 1.92 bits per heavy atom. The highest BCUT2D eigenvalue weighted by Crippen LogP contribution is 2.61. The van der Waals surface area contributed by atoms with Crippen LogP contribution in [0, 0.1) is 11.8 Å². The fraction of sp³-hybridized carbons (Fsp3) is 0.370. The van der Waals surface area contributed by atoms with Crippen LogP contribution in [0.3, 0.4) is 0 Å². The third-order valence-electron chi connectivity index (χ3n) is 7.66. The molecule has 0 aromatic heterocycles. The molecule has 3 saturated heterocycles. The Labute approximate surface area is 227 Å². The van der Waals surface area contributed by atoms with E-state index in [1.54, 1.807) is 54.6 Å². The maximum Gasteiger partial charge on any atom is 0.310 e. The number of hydrogen-bond acceptors (Lipinski definition) is 5. The third-order valence-corrected chi connectivity index (χ3v) is 8.75. The van der Waals surface area contributed by atoms with Crippen molar-refractivity contribution in [1.29, 1.82) is 0 Å². The topological polar surface area (TPSA) is 107 Å². The summed E-state index contributed by atoms with van der Waals surface area (Å²) in [6, 6.07) is 13.6. The monoisotopic (exact) mass is 588 g/mol. The van der Waals surface area contributed by atoms with Gasteiger partial charge in [0.15, 0.2) is 0 Å². The van der Waals surface area contributed by atoms with Gasteiger partial charge in [0.05, 0.1) is 30.6 Å². The zero-order valence-electron chi connectivity index (χ0n) is 19.7.